The summed E-state index contributed by atoms with van der Waals surface area (Å²) >= 11 is 0. The second kappa shape index (κ2) is 11.5. The van der Waals surface area contributed by atoms with Crippen molar-refractivity contribution in [2.45, 2.75) is 24.9 Å². The fraction of sp³-hybridized carbons (Fsp3) is 0.200. The molecule has 0 radical (unpaired) electrons. The standard InChI is InChI=1S/C25H27N5O4/c26-25(27)28-14-7-12-20(24(33)34)29-23(32)19-13-15-30(21(31)16-19)22(17-8-3-1-4-9-17)18-10-5-2-6-11-18/h1-6,8-11,13,15-16,20,22H,7,12,14H2,(H,29,32)(H,33,34)(H4,26,27,28)/t20-/m0/s1. The van der Waals surface area contributed by atoms with E-state index in [2.05, 4.69) is 10.6 Å². The van der Waals surface area contributed by atoms with Crippen LogP contribution in [0, 0.1) is 5.41 Å². The number of nitrogens with one attached hydrogen (secondary N) is 3. The second-order valence-electron chi connectivity index (χ2n) is 7.73. The molecule has 1 heterocycles. The van der Waals surface area contributed by atoms with Gasteiger partial charge in [0.2, 0.25) is 0 Å². The number of guanidine groups is 1. The largest absolute Gasteiger partial charge is 0.480 e. The third kappa shape index (κ3) is 6.32. The lowest BCUT2D eigenvalue weighted by molar-refractivity contribution is -0.139. The number of aromatic nitrogens is 1. The van der Waals surface area contributed by atoms with E-state index < -0.39 is 17.9 Å². The zero-order valence-electron chi connectivity index (χ0n) is 18.5. The van der Waals surface area contributed by atoms with E-state index >= 15 is 0 Å². The van der Waals surface area contributed by atoms with Gasteiger partial charge in [0, 0.05) is 24.4 Å². The third-order valence-corrected chi connectivity index (χ3v) is 5.31. The van der Waals surface area contributed by atoms with E-state index in [0.29, 0.717) is 13.0 Å². The van der Waals surface area contributed by atoms with Gasteiger partial charge < -0.3 is 26.0 Å². The van der Waals surface area contributed by atoms with E-state index in [-0.39, 0.29) is 29.5 Å². The van der Waals surface area contributed by atoms with E-state index in [1.54, 1.807) is 10.8 Å². The minimum Gasteiger partial charge on any atom is -0.480 e. The highest BCUT2D eigenvalue weighted by atomic mass is 16.4. The molecule has 3 rings (SSSR count). The van der Waals surface area contributed by atoms with Crippen molar-refractivity contribution in [2.24, 2.45) is 5.73 Å². The molecule has 0 saturated carbocycles. The average molecular weight is 462 g/mol. The summed E-state index contributed by atoms with van der Waals surface area (Å²) in [4.78, 5) is 37.3. The van der Waals surface area contributed by atoms with E-state index in [4.69, 9.17) is 11.1 Å². The molecule has 0 saturated heterocycles. The summed E-state index contributed by atoms with van der Waals surface area (Å²) in [5.74, 6) is -2.04. The number of aliphatic carboxylic acids is 1. The van der Waals surface area contributed by atoms with Crippen LogP contribution in [0.25, 0.3) is 0 Å². The number of nitrogens with zero attached hydrogens (tertiary/aromatic N) is 1. The first-order chi connectivity index (χ1) is 16.4. The molecule has 0 aliphatic carbocycles. The van der Waals surface area contributed by atoms with Gasteiger partial charge in [0.15, 0.2) is 5.96 Å². The van der Waals surface area contributed by atoms with Crippen molar-refractivity contribution < 1.29 is 14.7 Å². The van der Waals surface area contributed by atoms with Crippen LogP contribution in [0.2, 0.25) is 0 Å². The maximum atomic E-state index is 13.1. The average Bonchev–Trinajstić information content (AvgIpc) is 2.83. The van der Waals surface area contributed by atoms with Crippen molar-refractivity contribution in [3.63, 3.8) is 0 Å². The Hall–Kier alpha value is -4.40. The number of rotatable bonds is 10. The monoisotopic (exact) mass is 461 g/mol. The molecule has 6 N–H and O–H groups in total. The van der Waals surface area contributed by atoms with Crippen molar-refractivity contribution in [3.8, 4) is 0 Å². The van der Waals surface area contributed by atoms with Crippen LogP contribution in [0.4, 0.5) is 0 Å². The maximum absolute atomic E-state index is 13.1. The summed E-state index contributed by atoms with van der Waals surface area (Å²) in [7, 11) is 0. The molecule has 9 nitrogen and oxygen atoms in total. The fourth-order valence-electron chi connectivity index (χ4n) is 3.66. The Morgan fingerprint density at radius 1 is 1.00 bits per heavy atom. The molecule has 176 valence electrons. The van der Waals surface area contributed by atoms with Gasteiger partial charge in [0.25, 0.3) is 11.5 Å². The van der Waals surface area contributed by atoms with E-state index in [1.807, 2.05) is 60.7 Å². The number of hydrogen-bond donors (Lipinski definition) is 5. The summed E-state index contributed by atoms with van der Waals surface area (Å²) in [5, 5.41) is 21.6. The number of nitrogens with two attached hydrogens (primary N) is 1. The first-order valence-electron chi connectivity index (χ1n) is 10.8. The zero-order chi connectivity index (χ0) is 24.5. The maximum Gasteiger partial charge on any atom is 0.326 e. The SMILES string of the molecule is N=C(N)NCCC[C@H](NC(=O)c1ccn(C(c2ccccc2)c2ccccc2)c(=O)c1)C(=O)O. The highest BCUT2D eigenvalue weighted by molar-refractivity contribution is 5.96. The number of benzene rings is 2. The van der Waals surface area contributed by atoms with Crippen LogP contribution in [-0.2, 0) is 4.79 Å². The van der Waals surface area contributed by atoms with Crippen molar-refractivity contribution in [2.75, 3.05) is 6.54 Å². The van der Waals surface area contributed by atoms with Gasteiger partial charge >= 0.3 is 5.97 Å². The van der Waals surface area contributed by atoms with E-state index in [1.165, 1.54) is 12.1 Å². The Labute approximate surface area is 196 Å². The van der Waals surface area contributed by atoms with E-state index in [9.17, 15) is 19.5 Å². The highest BCUT2D eigenvalue weighted by Crippen LogP contribution is 2.25. The molecule has 3 aromatic rings. The zero-order valence-corrected chi connectivity index (χ0v) is 18.5. The molecule has 0 aliphatic rings. The second-order valence-corrected chi connectivity index (χ2v) is 7.73. The summed E-state index contributed by atoms with van der Waals surface area (Å²) in [6, 6.07) is 20.3. The van der Waals surface area contributed by atoms with Crippen LogP contribution in [0.1, 0.15) is 40.4 Å². The van der Waals surface area contributed by atoms with Gasteiger partial charge in [-0.25, -0.2) is 4.79 Å². The third-order valence-electron chi connectivity index (χ3n) is 5.31. The Balaban J connectivity index is 1.81. The highest BCUT2D eigenvalue weighted by Gasteiger charge is 2.22. The van der Waals surface area contributed by atoms with Gasteiger partial charge in [0.1, 0.15) is 6.04 Å². The lowest BCUT2D eigenvalue weighted by Gasteiger charge is -2.21. The van der Waals surface area contributed by atoms with Crippen LogP contribution in [-0.4, -0.2) is 40.1 Å². The Bertz CT molecular complexity index is 1160. The first kappa shape index (κ1) is 24.2. The van der Waals surface area contributed by atoms with E-state index in [0.717, 1.165) is 11.1 Å². The fourth-order valence-corrected chi connectivity index (χ4v) is 3.66. The van der Waals surface area contributed by atoms with Crippen LogP contribution < -0.4 is 21.9 Å². The molecule has 0 aliphatic heterocycles. The molecule has 34 heavy (non-hydrogen) atoms. The molecule has 0 spiro atoms. The van der Waals surface area contributed by atoms with Gasteiger partial charge in [-0.05, 0) is 30.0 Å². The van der Waals surface area contributed by atoms with Gasteiger partial charge in [0.05, 0.1) is 6.04 Å². The van der Waals surface area contributed by atoms with Crippen LogP contribution >= 0.6 is 0 Å². The predicted molar refractivity (Wildman–Crippen MR) is 129 cm³/mol. The quantitative estimate of drug-likeness (QED) is 0.177. The Morgan fingerprint density at radius 2 is 1.59 bits per heavy atom. The Morgan fingerprint density at radius 3 is 2.09 bits per heavy atom. The van der Waals surface area contributed by atoms with Crippen molar-refractivity contribution >= 4 is 17.8 Å². The normalized spacial score (nSPS) is 11.6. The van der Waals surface area contributed by atoms with Crippen LogP contribution in [0.5, 0.6) is 0 Å². The number of carboxylic acid groups (broad SMARTS) is 1. The van der Waals surface area contributed by atoms with Gasteiger partial charge in [-0.3, -0.25) is 15.0 Å². The van der Waals surface area contributed by atoms with Gasteiger partial charge in [-0.1, -0.05) is 60.7 Å². The minimum atomic E-state index is -1.18. The van der Waals surface area contributed by atoms with Crippen molar-refractivity contribution in [3.05, 3.63) is 106 Å². The lowest BCUT2D eigenvalue weighted by atomic mass is 9.98. The van der Waals surface area contributed by atoms with Gasteiger partial charge in [-0.2, -0.15) is 0 Å². The number of amides is 1. The molecule has 0 bridgehead atoms. The molecular weight excluding hydrogens is 434 g/mol. The molecule has 2 aromatic carbocycles. The number of carboxylic acids is 1. The van der Waals surface area contributed by atoms with Crippen LogP contribution in [0.3, 0.4) is 0 Å². The summed E-state index contributed by atoms with van der Waals surface area (Å²) in [6.45, 7) is 0.311. The Kier molecular flexibility index (Phi) is 8.17. The molecule has 1 atom stereocenters. The first-order valence-corrected chi connectivity index (χ1v) is 10.8. The topological polar surface area (TPSA) is 150 Å². The number of carbonyl (C=O) groups excluding carboxylic acids is 1. The summed E-state index contributed by atoms with van der Waals surface area (Å²) in [5.41, 5.74) is 6.72. The predicted octanol–water partition coefficient (Wildman–Crippen LogP) is 1.93. The summed E-state index contributed by atoms with van der Waals surface area (Å²) in [6.07, 6.45) is 2.07. The number of pyridine rings is 1. The molecule has 1 aromatic heterocycles. The molecule has 1 amide bonds. The van der Waals surface area contributed by atoms with Crippen LogP contribution in [0.15, 0.2) is 83.8 Å². The lowest BCUT2D eigenvalue weighted by Crippen LogP contribution is -2.42. The molecule has 0 fully saturated rings. The van der Waals surface area contributed by atoms with Crippen molar-refractivity contribution in [1.82, 2.24) is 15.2 Å². The molecular formula is C25H27N5O4. The number of carbonyl (C=O) groups is 2. The molecule has 0 unspecified atom stereocenters. The number of hydrogen-bond acceptors (Lipinski definition) is 4. The minimum absolute atomic E-state index is 0.0780. The summed E-state index contributed by atoms with van der Waals surface area (Å²) < 4.78 is 1.55. The van der Waals surface area contributed by atoms with Gasteiger partial charge in [-0.15, -0.1) is 0 Å². The smallest absolute Gasteiger partial charge is 0.326 e. The molecule has 9 heteroatoms. The van der Waals surface area contributed by atoms with Crippen molar-refractivity contribution in [1.29, 1.82) is 5.41 Å².